The fraction of sp³-hybridized carbons (Fsp3) is 0.867. The van der Waals surface area contributed by atoms with E-state index < -0.39 is 3.42 Å². The van der Waals surface area contributed by atoms with Gasteiger partial charge in [-0.3, -0.25) is 9.59 Å². The van der Waals surface area contributed by atoms with Gasteiger partial charge in [-0.2, -0.15) is 0 Å². The Morgan fingerprint density at radius 3 is 2.75 bits per heavy atom. The highest BCUT2D eigenvalue weighted by atomic mass is 127. The first kappa shape index (κ1) is 14.6. The summed E-state index contributed by atoms with van der Waals surface area (Å²) >= 11 is 2.16. The minimum absolute atomic E-state index is 0.0224. The van der Waals surface area contributed by atoms with Gasteiger partial charge in [-0.15, -0.1) is 0 Å². The molecule has 112 valence electrons. The molecule has 2 bridgehead atoms. The van der Waals surface area contributed by atoms with Crippen LogP contribution in [0.2, 0.25) is 0 Å². The van der Waals surface area contributed by atoms with Crippen molar-refractivity contribution in [1.29, 1.82) is 0 Å². The second kappa shape index (κ2) is 5.14. The molecule has 4 nitrogen and oxygen atoms in total. The zero-order valence-corrected chi connectivity index (χ0v) is 14.1. The molecule has 0 aromatic heterocycles. The van der Waals surface area contributed by atoms with Gasteiger partial charge in [0.2, 0.25) is 0 Å². The molecule has 0 N–H and O–H groups in total. The van der Waals surface area contributed by atoms with E-state index in [1.807, 2.05) is 13.8 Å². The molecular weight excluding hydrogens is 371 g/mol. The maximum Gasteiger partial charge on any atom is 0.321 e. The van der Waals surface area contributed by atoms with Gasteiger partial charge in [-0.25, -0.2) is 0 Å². The third-order valence-electron chi connectivity index (χ3n) is 5.59. The zero-order chi connectivity index (χ0) is 14.5. The first-order valence-corrected chi connectivity index (χ1v) is 8.56. The lowest BCUT2D eigenvalue weighted by atomic mass is 9.81. The molecular formula is C15H21IO4. The van der Waals surface area contributed by atoms with Crippen molar-refractivity contribution in [3.63, 3.8) is 0 Å². The summed E-state index contributed by atoms with van der Waals surface area (Å²) in [5.74, 6) is 1.55. The Labute approximate surface area is 133 Å². The number of hydrogen-bond donors (Lipinski definition) is 0. The summed E-state index contributed by atoms with van der Waals surface area (Å²) in [6, 6.07) is 0. The molecule has 20 heavy (non-hydrogen) atoms. The van der Waals surface area contributed by atoms with Crippen molar-refractivity contribution in [3.8, 4) is 0 Å². The highest BCUT2D eigenvalue weighted by molar-refractivity contribution is 14.1. The molecule has 0 spiro atoms. The molecule has 3 fully saturated rings. The Morgan fingerprint density at radius 2 is 2.10 bits per heavy atom. The average molecular weight is 392 g/mol. The summed E-state index contributed by atoms with van der Waals surface area (Å²) < 4.78 is 10.3. The lowest BCUT2D eigenvalue weighted by Crippen LogP contribution is -2.32. The van der Waals surface area contributed by atoms with E-state index in [4.69, 9.17) is 9.47 Å². The SMILES string of the molecule is CCC(C)(I)C(=O)OCC1C2CCC1C1C(=O)OCC21. The van der Waals surface area contributed by atoms with Crippen molar-refractivity contribution in [3.05, 3.63) is 0 Å². The summed E-state index contributed by atoms with van der Waals surface area (Å²) in [6.45, 7) is 4.96. The van der Waals surface area contributed by atoms with Crippen molar-refractivity contribution in [2.24, 2.45) is 29.6 Å². The Hall–Kier alpha value is -0.330. The Morgan fingerprint density at radius 1 is 1.40 bits per heavy atom. The van der Waals surface area contributed by atoms with Gasteiger partial charge in [0.05, 0.1) is 19.1 Å². The van der Waals surface area contributed by atoms with Crippen LogP contribution < -0.4 is 0 Å². The summed E-state index contributed by atoms with van der Waals surface area (Å²) in [5.41, 5.74) is 0. The highest BCUT2D eigenvalue weighted by Crippen LogP contribution is 2.58. The second-order valence-corrected chi connectivity index (χ2v) is 8.92. The van der Waals surface area contributed by atoms with Crippen molar-refractivity contribution < 1.29 is 19.1 Å². The minimum atomic E-state index is -0.440. The van der Waals surface area contributed by atoms with Crippen LogP contribution in [0.1, 0.15) is 33.1 Å². The van der Waals surface area contributed by atoms with Gasteiger partial charge in [0.15, 0.2) is 0 Å². The predicted octanol–water partition coefficient (Wildman–Crippen LogP) is 2.58. The van der Waals surface area contributed by atoms with Gasteiger partial charge < -0.3 is 9.47 Å². The van der Waals surface area contributed by atoms with Crippen LogP contribution in [0.3, 0.4) is 0 Å². The van der Waals surface area contributed by atoms with Gasteiger partial charge >= 0.3 is 11.9 Å². The van der Waals surface area contributed by atoms with Crippen LogP contribution in [0, 0.1) is 29.6 Å². The van der Waals surface area contributed by atoms with Gasteiger partial charge in [-0.1, -0.05) is 29.5 Å². The quantitative estimate of drug-likeness (QED) is 0.419. The Bertz CT molecular complexity index is 434. The second-order valence-electron chi connectivity index (χ2n) is 6.54. The summed E-state index contributed by atoms with van der Waals surface area (Å²) in [4.78, 5) is 23.9. The number of ether oxygens (including phenoxy) is 2. The number of carbonyl (C=O) groups excluding carboxylic acids is 2. The molecule has 1 aliphatic heterocycles. The highest BCUT2D eigenvalue weighted by Gasteiger charge is 2.60. The zero-order valence-electron chi connectivity index (χ0n) is 11.9. The van der Waals surface area contributed by atoms with Crippen molar-refractivity contribution in [1.82, 2.24) is 0 Å². The topological polar surface area (TPSA) is 52.6 Å². The van der Waals surface area contributed by atoms with Gasteiger partial charge in [0.1, 0.15) is 3.42 Å². The summed E-state index contributed by atoms with van der Waals surface area (Å²) in [7, 11) is 0. The van der Waals surface area contributed by atoms with E-state index in [1.165, 1.54) is 0 Å². The van der Waals surface area contributed by atoms with Crippen LogP contribution in [-0.4, -0.2) is 28.6 Å². The van der Waals surface area contributed by atoms with Crippen molar-refractivity contribution >= 4 is 34.5 Å². The minimum Gasteiger partial charge on any atom is -0.465 e. The number of fused-ring (bicyclic) bond motifs is 5. The fourth-order valence-electron chi connectivity index (χ4n) is 4.26. The van der Waals surface area contributed by atoms with Crippen LogP contribution in [0.4, 0.5) is 0 Å². The van der Waals surface area contributed by atoms with Gasteiger partial charge in [0.25, 0.3) is 0 Å². The average Bonchev–Trinajstić information content (AvgIpc) is 3.08. The first-order chi connectivity index (χ1) is 9.45. The molecule has 2 saturated carbocycles. The summed E-state index contributed by atoms with van der Waals surface area (Å²) in [6.07, 6.45) is 3.00. The summed E-state index contributed by atoms with van der Waals surface area (Å²) in [5, 5.41) is 0. The van der Waals surface area contributed by atoms with Crippen LogP contribution >= 0.6 is 22.6 Å². The third-order valence-corrected chi connectivity index (χ3v) is 6.80. The number of halogens is 1. The molecule has 1 heterocycles. The number of alkyl halides is 1. The first-order valence-electron chi connectivity index (χ1n) is 7.48. The molecule has 1 saturated heterocycles. The van der Waals surface area contributed by atoms with Gasteiger partial charge in [0, 0.05) is 5.92 Å². The van der Waals surface area contributed by atoms with E-state index in [2.05, 4.69) is 22.6 Å². The van der Waals surface area contributed by atoms with Crippen molar-refractivity contribution in [2.45, 2.75) is 36.5 Å². The molecule has 6 unspecified atom stereocenters. The van der Waals surface area contributed by atoms with Crippen LogP contribution in [0.15, 0.2) is 0 Å². The van der Waals surface area contributed by atoms with E-state index in [0.717, 1.165) is 19.3 Å². The van der Waals surface area contributed by atoms with E-state index in [-0.39, 0.29) is 17.9 Å². The van der Waals surface area contributed by atoms with Crippen molar-refractivity contribution in [2.75, 3.05) is 13.2 Å². The number of carbonyl (C=O) groups is 2. The standard InChI is InChI=1S/C15H21IO4/c1-3-15(2,16)14(18)20-6-10-8-4-5-9(10)12-11(8)7-19-13(12)17/h8-12H,3-7H2,1-2H3. The third kappa shape index (κ3) is 2.16. The molecule has 6 atom stereocenters. The maximum atomic E-state index is 12.1. The lowest BCUT2D eigenvalue weighted by Gasteiger charge is -2.22. The molecule has 0 radical (unpaired) electrons. The van der Waals surface area contributed by atoms with E-state index in [1.54, 1.807) is 0 Å². The maximum absolute atomic E-state index is 12.1. The normalized spacial score (nSPS) is 41.1. The van der Waals surface area contributed by atoms with Crippen LogP contribution in [0.25, 0.3) is 0 Å². The number of rotatable bonds is 4. The van der Waals surface area contributed by atoms with Crippen LogP contribution in [0.5, 0.6) is 0 Å². The number of esters is 2. The Kier molecular flexibility index (Phi) is 3.75. The lowest BCUT2D eigenvalue weighted by molar-refractivity contribution is -0.148. The van der Waals surface area contributed by atoms with Crippen LogP contribution in [-0.2, 0) is 19.1 Å². The fourth-order valence-corrected chi connectivity index (χ4v) is 4.41. The van der Waals surface area contributed by atoms with E-state index >= 15 is 0 Å². The molecule has 0 amide bonds. The monoisotopic (exact) mass is 392 g/mol. The predicted molar refractivity (Wildman–Crippen MR) is 81.3 cm³/mol. The molecule has 3 aliphatic rings. The largest absolute Gasteiger partial charge is 0.465 e. The smallest absolute Gasteiger partial charge is 0.321 e. The molecule has 0 aromatic carbocycles. The molecule has 3 rings (SSSR count). The number of hydrogen-bond acceptors (Lipinski definition) is 4. The van der Waals surface area contributed by atoms with Gasteiger partial charge in [-0.05, 0) is 43.9 Å². The number of cyclic esters (lactones) is 1. The molecule has 2 aliphatic carbocycles. The Balaban J connectivity index is 1.63. The van der Waals surface area contributed by atoms with E-state index in [0.29, 0.717) is 36.9 Å². The molecule has 0 aromatic rings. The van der Waals surface area contributed by atoms with E-state index in [9.17, 15) is 9.59 Å². The molecule has 5 heteroatoms.